The minimum atomic E-state index is 1.24. The van der Waals surface area contributed by atoms with Crippen molar-refractivity contribution in [3.8, 4) is 123 Å². The van der Waals surface area contributed by atoms with Crippen LogP contribution in [0.3, 0.4) is 0 Å². The molecule has 15 aromatic rings. The van der Waals surface area contributed by atoms with E-state index in [0.29, 0.717) is 0 Å². The summed E-state index contributed by atoms with van der Waals surface area (Å²) in [5.41, 5.74) is 53.4. The van der Waals surface area contributed by atoms with Gasteiger partial charge in [-0.2, -0.15) is 0 Å². The molecule has 0 radical (unpaired) electrons. The van der Waals surface area contributed by atoms with Crippen molar-refractivity contribution in [2.75, 3.05) is 0 Å². The summed E-state index contributed by atoms with van der Waals surface area (Å²) in [6.07, 6.45) is 8.89. The Kier molecular flexibility index (Phi) is 24.8. The highest BCUT2D eigenvalue weighted by Gasteiger charge is 2.25. The fourth-order valence-electron chi connectivity index (χ4n) is 17.2. The first-order chi connectivity index (χ1) is 54.0. The number of aromatic nitrogens is 4. The first-order valence-corrected chi connectivity index (χ1v) is 39.9. The Balaban J connectivity index is 0.000000141. The number of hydrogen-bond acceptors (Lipinski definition) is 0. The van der Waals surface area contributed by atoms with Gasteiger partial charge in [0.1, 0.15) is 28.2 Å². The van der Waals surface area contributed by atoms with Crippen LogP contribution >= 0.6 is 0 Å². The van der Waals surface area contributed by atoms with Gasteiger partial charge < -0.3 is 0 Å². The van der Waals surface area contributed by atoms with Crippen LogP contribution in [-0.4, -0.2) is 0 Å². The molecule has 0 bridgehead atoms. The molecular formula is C109H114N4+4. The van der Waals surface area contributed by atoms with Crippen molar-refractivity contribution in [3.63, 3.8) is 0 Å². The van der Waals surface area contributed by atoms with Gasteiger partial charge in [0.05, 0.1) is 0 Å². The van der Waals surface area contributed by atoms with Crippen LogP contribution in [-0.2, 0) is 28.2 Å². The molecule has 0 aliphatic heterocycles. The number of hydrogen-bond donors (Lipinski definition) is 0. The number of benzene rings is 11. The third-order valence-electron chi connectivity index (χ3n) is 22.9. The molecule has 15 rings (SSSR count). The van der Waals surface area contributed by atoms with Crippen molar-refractivity contribution in [2.45, 2.75) is 132 Å². The maximum absolute atomic E-state index is 2.38. The van der Waals surface area contributed by atoms with Gasteiger partial charge in [0, 0.05) is 69.3 Å². The average molecular weight is 1480 g/mol. The van der Waals surface area contributed by atoms with Crippen LogP contribution < -0.4 is 18.3 Å². The van der Waals surface area contributed by atoms with E-state index in [1.54, 1.807) is 0 Å². The summed E-state index contributed by atoms with van der Waals surface area (Å²) >= 11 is 0. The molecule has 4 aromatic heterocycles. The van der Waals surface area contributed by atoms with Gasteiger partial charge in [-0.15, -0.1) is 0 Å². The van der Waals surface area contributed by atoms with E-state index in [4.69, 9.17) is 0 Å². The number of nitrogens with zero attached hydrogens (tertiary/aromatic N) is 4. The second-order valence-electron chi connectivity index (χ2n) is 32.0. The Labute approximate surface area is 675 Å². The number of pyridine rings is 4. The topological polar surface area (TPSA) is 15.5 Å². The van der Waals surface area contributed by atoms with E-state index in [1.807, 2.05) is 0 Å². The maximum Gasteiger partial charge on any atom is 0.213 e. The minimum Gasteiger partial charge on any atom is -0.201 e. The van der Waals surface area contributed by atoms with Crippen LogP contribution in [0.15, 0.2) is 274 Å². The highest BCUT2D eigenvalue weighted by Crippen LogP contribution is 2.41. The van der Waals surface area contributed by atoms with Gasteiger partial charge in [0.2, 0.25) is 22.8 Å². The highest BCUT2D eigenvalue weighted by atomic mass is 14.9. The predicted molar refractivity (Wildman–Crippen MR) is 480 cm³/mol. The molecule has 0 aliphatic carbocycles. The molecule has 4 nitrogen and oxygen atoms in total. The molecule has 4 heterocycles. The fraction of sp³-hybridized carbons (Fsp3) is 0.211. The zero-order valence-corrected chi connectivity index (χ0v) is 71.3. The second-order valence-corrected chi connectivity index (χ2v) is 32.0. The molecule has 0 saturated carbocycles. The summed E-state index contributed by atoms with van der Waals surface area (Å²) in [6, 6.07) is 90.6. The first-order valence-electron chi connectivity index (χ1n) is 39.9. The van der Waals surface area contributed by atoms with Crippen molar-refractivity contribution >= 4 is 0 Å². The molecule has 113 heavy (non-hydrogen) atoms. The standard InChI is InChI=1S/C30H32N.2C29H30N.C21H22N/c1-19-13-22(4)30(23(5)14-19)28-17-29(31(7)18-24(28)6)27-16-26(20(2)15-21(27)3)25-11-9-8-10-12-25;1-19-11-10-12-20(2)29(19)27-17-28(30(6)18-23(27)5)26-16-25(21(3)15-22(26)4)24-13-8-7-9-14-24;1-19-12-13-25(20(2)14-19)27-17-29(30(6)18-23(27)5)28-16-26(21(3)15-22(28)4)24-10-8-7-9-11-24;1-15-9-5-6-10-18(15)19-14-20(17(3)13-16(19)2)21-11-7-8-12-22(21)4/h8-18H,1-7H3;2*7-18H,1-6H3;5-14H,1-4H3/q4*+1. The van der Waals surface area contributed by atoms with E-state index in [0.717, 1.165) is 0 Å². The second kappa shape index (κ2) is 34.7. The fourth-order valence-corrected chi connectivity index (χ4v) is 17.2. The minimum absolute atomic E-state index is 1.24. The average Bonchev–Trinajstić information content (AvgIpc) is 0.781. The molecule has 0 amide bonds. The molecule has 0 fully saturated rings. The summed E-state index contributed by atoms with van der Waals surface area (Å²) in [7, 11) is 8.55. The van der Waals surface area contributed by atoms with Crippen LogP contribution in [0, 0.1) is 132 Å². The third-order valence-corrected chi connectivity index (χ3v) is 22.9. The van der Waals surface area contributed by atoms with Crippen molar-refractivity contribution in [1.82, 2.24) is 0 Å². The van der Waals surface area contributed by atoms with E-state index >= 15 is 0 Å². The Bertz CT molecular complexity index is 5940. The van der Waals surface area contributed by atoms with Crippen LogP contribution in [0.2, 0.25) is 0 Å². The lowest BCUT2D eigenvalue weighted by Crippen LogP contribution is -2.31. The lowest BCUT2D eigenvalue weighted by Gasteiger charge is -2.16. The monoisotopic (exact) mass is 1480 g/mol. The molecule has 0 atom stereocenters. The summed E-state index contributed by atoms with van der Waals surface area (Å²) < 4.78 is 8.97. The molecule has 11 aromatic carbocycles. The summed E-state index contributed by atoms with van der Waals surface area (Å²) in [6.45, 7) is 41.9. The predicted octanol–water partition coefficient (Wildman–Crippen LogP) is 26.2. The highest BCUT2D eigenvalue weighted by molar-refractivity contribution is 5.84. The van der Waals surface area contributed by atoms with E-state index in [-0.39, 0.29) is 0 Å². The molecule has 0 unspecified atom stereocenters. The van der Waals surface area contributed by atoms with Crippen molar-refractivity contribution in [1.29, 1.82) is 0 Å². The molecule has 0 saturated heterocycles. The van der Waals surface area contributed by atoms with Crippen LogP contribution in [0.1, 0.15) is 106 Å². The van der Waals surface area contributed by atoms with Crippen LogP contribution in [0.4, 0.5) is 0 Å². The molecule has 0 spiro atoms. The third kappa shape index (κ3) is 17.7. The summed E-state index contributed by atoms with van der Waals surface area (Å²) in [5, 5.41) is 0. The molecule has 566 valence electrons. The van der Waals surface area contributed by atoms with Gasteiger partial charge in [-0.1, -0.05) is 199 Å². The van der Waals surface area contributed by atoms with Gasteiger partial charge in [-0.3, -0.25) is 0 Å². The van der Waals surface area contributed by atoms with Gasteiger partial charge in [-0.25, -0.2) is 18.3 Å². The van der Waals surface area contributed by atoms with Gasteiger partial charge in [0.25, 0.3) is 0 Å². The van der Waals surface area contributed by atoms with E-state index in [2.05, 4.69) is 452 Å². The normalized spacial score (nSPS) is 11.0. The Morgan fingerprint density at radius 2 is 0.460 bits per heavy atom. The first kappa shape index (κ1) is 80.5. The van der Waals surface area contributed by atoms with Gasteiger partial charge >= 0.3 is 0 Å². The quantitative estimate of drug-likeness (QED) is 0.115. The SMILES string of the molecule is Cc1cc(C)c(-c2cc(-c3c(C)cccc3C)c(C)c[n+]2C)cc1-c1ccccc1.Cc1cc(C)c(-c2cc(-c3cc(-c4ccccc4)c(C)cc3C)[n+](C)cc2C)c(C)c1.Cc1ccc(-c2cc(-c3cc(-c4ccccc4)c(C)cc3C)[n+](C)cc2C)c(C)c1.Cc1ccccc1-c1cc(-c2cccc[n+]2C)c(C)cc1C. The maximum atomic E-state index is 2.38. The Hall–Kier alpha value is -12.0. The zero-order chi connectivity index (χ0) is 80.8. The van der Waals surface area contributed by atoms with Crippen molar-refractivity contribution in [2.24, 2.45) is 28.2 Å². The smallest absolute Gasteiger partial charge is 0.201 e. The molecular weight excluding hydrogens is 1370 g/mol. The van der Waals surface area contributed by atoms with Gasteiger partial charge in [0.15, 0.2) is 24.8 Å². The Morgan fingerprint density at radius 3 is 0.867 bits per heavy atom. The summed E-state index contributed by atoms with van der Waals surface area (Å²) in [4.78, 5) is 0. The van der Waals surface area contributed by atoms with E-state index < -0.39 is 0 Å². The number of rotatable bonds is 11. The van der Waals surface area contributed by atoms with Crippen LogP contribution in [0.5, 0.6) is 0 Å². The van der Waals surface area contributed by atoms with Gasteiger partial charge in [-0.05, 0) is 318 Å². The molecule has 0 N–H and O–H groups in total. The molecule has 0 aliphatic rings. The van der Waals surface area contributed by atoms with E-state index in [9.17, 15) is 0 Å². The number of aryl methyl sites for hydroxylation is 23. The van der Waals surface area contributed by atoms with Crippen molar-refractivity contribution < 1.29 is 18.3 Å². The lowest BCUT2D eigenvalue weighted by molar-refractivity contribution is -0.660. The zero-order valence-electron chi connectivity index (χ0n) is 71.3. The molecule has 4 heteroatoms. The van der Waals surface area contributed by atoms with E-state index in [1.165, 1.54) is 229 Å². The lowest BCUT2D eigenvalue weighted by atomic mass is 9.89. The summed E-state index contributed by atoms with van der Waals surface area (Å²) in [5.74, 6) is 0. The van der Waals surface area contributed by atoms with Crippen LogP contribution in [0.25, 0.3) is 123 Å². The van der Waals surface area contributed by atoms with Crippen molar-refractivity contribution in [3.05, 3.63) is 379 Å². The Morgan fingerprint density at radius 1 is 0.159 bits per heavy atom. The largest absolute Gasteiger partial charge is 0.213 e.